The van der Waals surface area contributed by atoms with Crippen molar-refractivity contribution in [2.75, 3.05) is 5.32 Å². The summed E-state index contributed by atoms with van der Waals surface area (Å²) in [6.45, 7) is 1.89. The van der Waals surface area contributed by atoms with Crippen LogP contribution < -0.4 is 11.1 Å². The molecule has 5 heteroatoms. The summed E-state index contributed by atoms with van der Waals surface area (Å²) in [5.74, 6) is -1.06. The standard InChI is InChI=1S/C14H12F2N2S/c1-8-2-4-10(14(17)19)12(6-8)18-13-7-9(15)3-5-11(13)16/h2-7,18H,1H3,(H2,17,19). The van der Waals surface area contributed by atoms with Crippen LogP contribution in [-0.4, -0.2) is 4.99 Å². The van der Waals surface area contributed by atoms with Crippen molar-refractivity contribution in [1.29, 1.82) is 0 Å². The number of benzene rings is 2. The number of halogens is 2. The van der Waals surface area contributed by atoms with Gasteiger partial charge in [-0.25, -0.2) is 8.78 Å². The molecule has 0 aliphatic rings. The van der Waals surface area contributed by atoms with E-state index in [1.54, 1.807) is 12.1 Å². The Labute approximate surface area is 115 Å². The predicted molar refractivity (Wildman–Crippen MR) is 76.7 cm³/mol. The van der Waals surface area contributed by atoms with Crippen LogP contribution in [0.3, 0.4) is 0 Å². The van der Waals surface area contributed by atoms with E-state index in [1.165, 1.54) is 0 Å². The maximum Gasteiger partial charge on any atom is 0.146 e. The fourth-order valence-electron chi connectivity index (χ4n) is 1.71. The molecule has 0 spiro atoms. The first kappa shape index (κ1) is 13.4. The molecule has 0 unspecified atom stereocenters. The monoisotopic (exact) mass is 278 g/mol. The molecular formula is C14H12F2N2S. The van der Waals surface area contributed by atoms with Gasteiger partial charge in [0.25, 0.3) is 0 Å². The molecule has 0 aliphatic heterocycles. The summed E-state index contributed by atoms with van der Waals surface area (Å²) in [4.78, 5) is 0.194. The molecule has 0 saturated heterocycles. The Bertz CT molecular complexity index is 641. The second kappa shape index (κ2) is 5.32. The van der Waals surface area contributed by atoms with Gasteiger partial charge in [-0.05, 0) is 36.8 Å². The van der Waals surface area contributed by atoms with Gasteiger partial charge in [0, 0.05) is 17.3 Å². The zero-order valence-corrected chi connectivity index (χ0v) is 11.0. The Balaban J connectivity index is 2.45. The van der Waals surface area contributed by atoms with Crippen LogP contribution in [0.1, 0.15) is 11.1 Å². The van der Waals surface area contributed by atoms with Gasteiger partial charge in [-0.2, -0.15) is 0 Å². The number of nitrogens with one attached hydrogen (secondary N) is 1. The number of nitrogens with two attached hydrogens (primary N) is 1. The third-order valence-electron chi connectivity index (χ3n) is 2.64. The number of rotatable bonds is 3. The van der Waals surface area contributed by atoms with Crippen LogP contribution in [-0.2, 0) is 0 Å². The molecule has 2 aromatic rings. The Hall–Kier alpha value is -2.01. The van der Waals surface area contributed by atoms with Gasteiger partial charge in [0.2, 0.25) is 0 Å². The van der Waals surface area contributed by atoms with Crippen molar-refractivity contribution in [2.24, 2.45) is 5.73 Å². The van der Waals surface area contributed by atoms with Crippen molar-refractivity contribution in [2.45, 2.75) is 6.92 Å². The van der Waals surface area contributed by atoms with Gasteiger partial charge in [0.1, 0.15) is 16.6 Å². The van der Waals surface area contributed by atoms with E-state index in [9.17, 15) is 8.78 Å². The van der Waals surface area contributed by atoms with Crippen LogP contribution in [0.15, 0.2) is 36.4 Å². The maximum absolute atomic E-state index is 13.6. The number of aryl methyl sites for hydroxylation is 1. The van der Waals surface area contributed by atoms with Gasteiger partial charge in [0.05, 0.1) is 5.69 Å². The first-order valence-corrected chi connectivity index (χ1v) is 6.01. The lowest BCUT2D eigenvalue weighted by Crippen LogP contribution is -2.12. The van der Waals surface area contributed by atoms with Crippen molar-refractivity contribution in [3.63, 3.8) is 0 Å². The van der Waals surface area contributed by atoms with Crippen molar-refractivity contribution in [3.05, 3.63) is 59.2 Å². The zero-order chi connectivity index (χ0) is 14.0. The van der Waals surface area contributed by atoms with Crippen LogP contribution in [0.25, 0.3) is 0 Å². The van der Waals surface area contributed by atoms with Gasteiger partial charge >= 0.3 is 0 Å². The van der Waals surface area contributed by atoms with E-state index in [1.807, 2.05) is 13.0 Å². The molecule has 0 bridgehead atoms. The fraction of sp³-hybridized carbons (Fsp3) is 0.0714. The number of hydrogen-bond donors (Lipinski definition) is 2. The SMILES string of the molecule is Cc1ccc(C(N)=S)c(Nc2cc(F)ccc2F)c1. The van der Waals surface area contributed by atoms with E-state index in [0.717, 1.165) is 23.8 Å². The van der Waals surface area contributed by atoms with E-state index in [2.05, 4.69) is 5.32 Å². The van der Waals surface area contributed by atoms with Gasteiger partial charge in [-0.1, -0.05) is 18.3 Å². The summed E-state index contributed by atoms with van der Waals surface area (Å²) in [5.41, 5.74) is 7.75. The fourth-order valence-corrected chi connectivity index (χ4v) is 1.89. The molecule has 0 atom stereocenters. The van der Waals surface area contributed by atoms with Gasteiger partial charge in [0.15, 0.2) is 0 Å². The molecule has 0 aliphatic carbocycles. The Morgan fingerprint density at radius 3 is 2.53 bits per heavy atom. The average molecular weight is 278 g/mol. The smallest absolute Gasteiger partial charge is 0.146 e. The quantitative estimate of drug-likeness (QED) is 0.842. The molecule has 2 rings (SSSR count). The highest BCUT2D eigenvalue weighted by molar-refractivity contribution is 7.80. The Morgan fingerprint density at radius 1 is 1.11 bits per heavy atom. The molecule has 0 amide bonds. The summed E-state index contributed by atoms with van der Waals surface area (Å²) < 4.78 is 26.7. The third kappa shape index (κ3) is 3.06. The van der Waals surface area contributed by atoms with Crippen molar-refractivity contribution in [1.82, 2.24) is 0 Å². The maximum atomic E-state index is 13.6. The predicted octanol–water partition coefficient (Wildman–Crippen LogP) is 3.65. The van der Waals surface area contributed by atoms with Crippen LogP contribution >= 0.6 is 12.2 Å². The summed E-state index contributed by atoms with van der Waals surface area (Å²) in [6.07, 6.45) is 0. The molecular weight excluding hydrogens is 266 g/mol. The van der Waals surface area contributed by atoms with Crippen molar-refractivity contribution < 1.29 is 8.78 Å². The summed E-state index contributed by atoms with van der Waals surface area (Å²) in [5, 5.41) is 2.82. The van der Waals surface area contributed by atoms with E-state index in [-0.39, 0.29) is 10.7 Å². The molecule has 0 aromatic heterocycles. The highest BCUT2D eigenvalue weighted by Gasteiger charge is 2.09. The van der Waals surface area contributed by atoms with Crippen molar-refractivity contribution >= 4 is 28.6 Å². The summed E-state index contributed by atoms with van der Waals surface area (Å²) in [7, 11) is 0. The highest BCUT2D eigenvalue weighted by atomic mass is 32.1. The lowest BCUT2D eigenvalue weighted by Gasteiger charge is -2.13. The number of thiocarbonyl (C=S) groups is 1. The number of hydrogen-bond acceptors (Lipinski definition) is 2. The van der Waals surface area contributed by atoms with Crippen LogP contribution in [0.5, 0.6) is 0 Å². The van der Waals surface area contributed by atoms with Crippen LogP contribution in [0.2, 0.25) is 0 Å². The Kier molecular flexibility index (Phi) is 3.76. The first-order valence-electron chi connectivity index (χ1n) is 5.60. The number of anilines is 2. The molecule has 0 saturated carbocycles. The van der Waals surface area contributed by atoms with E-state index in [0.29, 0.717) is 11.3 Å². The van der Waals surface area contributed by atoms with Gasteiger partial charge in [-0.3, -0.25) is 0 Å². The summed E-state index contributed by atoms with van der Waals surface area (Å²) >= 11 is 4.94. The lowest BCUT2D eigenvalue weighted by molar-refractivity contribution is 0.603. The normalized spacial score (nSPS) is 10.3. The second-order valence-electron chi connectivity index (χ2n) is 4.16. The highest BCUT2D eigenvalue weighted by Crippen LogP contribution is 2.25. The van der Waals surface area contributed by atoms with E-state index < -0.39 is 11.6 Å². The largest absolute Gasteiger partial charge is 0.389 e. The molecule has 0 fully saturated rings. The Morgan fingerprint density at radius 2 is 1.84 bits per heavy atom. The molecule has 0 heterocycles. The van der Waals surface area contributed by atoms with E-state index >= 15 is 0 Å². The van der Waals surface area contributed by atoms with Crippen LogP contribution in [0.4, 0.5) is 20.2 Å². The van der Waals surface area contributed by atoms with Gasteiger partial charge < -0.3 is 11.1 Å². The minimum absolute atomic E-state index is 0.0445. The zero-order valence-electron chi connectivity index (χ0n) is 10.2. The molecule has 98 valence electrons. The summed E-state index contributed by atoms with van der Waals surface area (Å²) in [6, 6.07) is 8.58. The topological polar surface area (TPSA) is 38.0 Å². The first-order chi connectivity index (χ1) is 8.97. The lowest BCUT2D eigenvalue weighted by atomic mass is 10.1. The van der Waals surface area contributed by atoms with E-state index in [4.69, 9.17) is 18.0 Å². The average Bonchev–Trinajstić information content (AvgIpc) is 2.33. The molecule has 19 heavy (non-hydrogen) atoms. The minimum Gasteiger partial charge on any atom is -0.389 e. The van der Waals surface area contributed by atoms with Crippen molar-refractivity contribution in [3.8, 4) is 0 Å². The van der Waals surface area contributed by atoms with Crippen LogP contribution in [0, 0.1) is 18.6 Å². The minimum atomic E-state index is -0.545. The second-order valence-corrected chi connectivity index (χ2v) is 4.60. The molecule has 2 aromatic carbocycles. The molecule has 0 radical (unpaired) electrons. The third-order valence-corrected chi connectivity index (χ3v) is 2.86. The van der Waals surface area contributed by atoms with Gasteiger partial charge in [-0.15, -0.1) is 0 Å². The molecule has 3 N–H and O–H groups in total. The molecule has 2 nitrogen and oxygen atoms in total.